The van der Waals surface area contributed by atoms with Crippen LogP contribution in [0.2, 0.25) is 0 Å². The van der Waals surface area contributed by atoms with Crippen molar-refractivity contribution in [2.24, 2.45) is 0 Å². The van der Waals surface area contributed by atoms with Crippen LogP contribution < -0.4 is 10.0 Å². The monoisotopic (exact) mass is 427 g/mol. The minimum Gasteiger partial charge on any atom is -0.377 e. The van der Waals surface area contributed by atoms with Gasteiger partial charge in [-0.1, -0.05) is 12.1 Å². The van der Waals surface area contributed by atoms with Crippen LogP contribution in [0.25, 0.3) is 0 Å². The number of nitrogens with one attached hydrogen (secondary N) is 2. The third-order valence-electron chi connectivity index (χ3n) is 5.10. The van der Waals surface area contributed by atoms with Crippen LogP contribution in [0.4, 0.5) is 5.69 Å². The van der Waals surface area contributed by atoms with Gasteiger partial charge in [0.25, 0.3) is 5.91 Å². The molecule has 1 aliphatic heterocycles. The number of nitriles is 1. The Morgan fingerprint density at radius 2 is 1.83 bits per heavy atom. The van der Waals surface area contributed by atoms with Gasteiger partial charge in [0.2, 0.25) is 10.0 Å². The normalized spacial score (nSPS) is 16.8. The number of ether oxygens (including phenoxy) is 1. The lowest BCUT2D eigenvalue weighted by molar-refractivity contribution is 0.102. The molecule has 3 rings (SSSR count). The van der Waals surface area contributed by atoms with Crippen LogP contribution in [-0.2, 0) is 20.2 Å². The van der Waals surface area contributed by atoms with Crippen LogP contribution in [0.1, 0.15) is 42.6 Å². The molecule has 0 bridgehead atoms. The summed E-state index contributed by atoms with van der Waals surface area (Å²) in [6.07, 6.45) is 1.70. The molecule has 1 unspecified atom stereocenters. The highest BCUT2D eigenvalue weighted by atomic mass is 32.2. The Balaban J connectivity index is 1.62. The minimum absolute atomic E-state index is 0.0880. The molecule has 1 amide bonds. The van der Waals surface area contributed by atoms with Gasteiger partial charge in [-0.05, 0) is 68.7 Å². The van der Waals surface area contributed by atoms with Gasteiger partial charge in [0.1, 0.15) is 0 Å². The van der Waals surface area contributed by atoms with Crippen LogP contribution in [0, 0.1) is 11.3 Å². The summed E-state index contributed by atoms with van der Waals surface area (Å²) < 4.78 is 32.8. The molecule has 8 heteroatoms. The van der Waals surface area contributed by atoms with E-state index in [1.807, 2.05) is 13.8 Å². The molecule has 1 fully saturated rings. The number of sulfonamides is 1. The van der Waals surface area contributed by atoms with Crippen molar-refractivity contribution in [1.82, 2.24) is 4.72 Å². The van der Waals surface area contributed by atoms with Crippen LogP contribution in [0.3, 0.4) is 0 Å². The molecule has 1 heterocycles. The molecule has 0 aliphatic carbocycles. The summed E-state index contributed by atoms with van der Waals surface area (Å²) in [6.45, 7) is 4.55. The van der Waals surface area contributed by atoms with E-state index in [0.717, 1.165) is 18.4 Å². The van der Waals surface area contributed by atoms with Gasteiger partial charge in [0.05, 0.1) is 22.5 Å². The van der Waals surface area contributed by atoms with Gasteiger partial charge in [-0.25, -0.2) is 13.1 Å². The number of carbonyl (C=O) groups excluding carboxylic acids is 1. The molecule has 158 valence electrons. The third-order valence-corrected chi connectivity index (χ3v) is 6.54. The van der Waals surface area contributed by atoms with Crippen LogP contribution >= 0.6 is 0 Å². The molecule has 1 saturated heterocycles. The van der Waals surface area contributed by atoms with Gasteiger partial charge in [0, 0.05) is 24.4 Å². The van der Waals surface area contributed by atoms with Gasteiger partial charge in [-0.3, -0.25) is 4.79 Å². The van der Waals surface area contributed by atoms with Crippen molar-refractivity contribution in [3.63, 3.8) is 0 Å². The molecule has 0 radical (unpaired) electrons. The lowest BCUT2D eigenvalue weighted by Gasteiger charge is -2.16. The predicted octanol–water partition coefficient (Wildman–Crippen LogP) is 3.20. The summed E-state index contributed by atoms with van der Waals surface area (Å²) in [5, 5.41) is 12.0. The highest BCUT2D eigenvalue weighted by molar-refractivity contribution is 7.89. The highest BCUT2D eigenvalue weighted by Crippen LogP contribution is 2.24. The van der Waals surface area contributed by atoms with Crippen molar-refractivity contribution in [2.45, 2.75) is 43.1 Å². The first-order chi connectivity index (χ1) is 14.2. The number of hydrogen-bond donors (Lipinski definition) is 2. The van der Waals surface area contributed by atoms with E-state index in [-0.39, 0.29) is 23.5 Å². The lowest BCUT2D eigenvalue weighted by atomic mass is 9.86. The molecule has 30 heavy (non-hydrogen) atoms. The Morgan fingerprint density at radius 1 is 1.17 bits per heavy atom. The molecule has 0 saturated carbocycles. The van der Waals surface area contributed by atoms with E-state index in [9.17, 15) is 18.5 Å². The van der Waals surface area contributed by atoms with Gasteiger partial charge >= 0.3 is 0 Å². The number of benzene rings is 2. The Hall–Kier alpha value is -2.73. The Kier molecular flexibility index (Phi) is 6.56. The fraction of sp³-hybridized carbons (Fsp3) is 0.364. The number of hydrogen-bond acceptors (Lipinski definition) is 5. The van der Waals surface area contributed by atoms with E-state index in [4.69, 9.17) is 4.74 Å². The van der Waals surface area contributed by atoms with Gasteiger partial charge in [-0.2, -0.15) is 5.26 Å². The molecule has 0 spiro atoms. The molecule has 0 aromatic heterocycles. The van der Waals surface area contributed by atoms with Crippen molar-refractivity contribution < 1.29 is 17.9 Å². The van der Waals surface area contributed by atoms with Crippen molar-refractivity contribution in [3.8, 4) is 6.07 Å². The largest absolute Gasteiger partial charge is 0.377 e. The van der Waals surface area contributed by atoms with E-state index >= 15 is 0 Å². The topological polar surface area (TPSA) is 108 Å². The minimum atomic E-state index is -3.66. The van der Waals surface area contributed by atoms with E-state index in [2.05, 4.69) is 16.1 Å². The number of rotatable bonds is 7. The van der Waals surface area contributed by atoms with Gasteiger partial charge < -0.3 is 10.1 Å². The highest BCUT2D eigenvalue weighted by Gasteiger charge is 2.21. The number of amides is 1. The average molecular weight is 428 g/mol. The van der Waals surface area contributed by atoms with E-state index in [0.29, 0.717) is 17.9 Å². The summed E-state index contributed by atoms with van der Waals surface area (Å²) in [5.74, 6) is -0.349. The molecule has 1 aliphatic rings. The maximum atomic E-state index is 12.5. The molecular formula is C22H25N3O4S. The first kappa shape index (κ1) is 22.0. The number of anilines is 1. The Morgan fingerprint density at radius 3 is 2.40 bits per heavy atom. The van der Waals surface area contributed by atoms with E-state index < -0.39 is 15.4 Å². The zero-order valence-corrected chi connectivity index (χ0v) is 17.8. The first-order valence-electron chi connectivity index (χ1n) is 9.76. The van der Waals surface area contributed by atoms with E-state index in [1.54, 1.807) is 24.3 Å². The van der Waals surface area contributed by atoms with Gasteiger partial charge in [0.15, 0.2) is 0 Å². The molecule has 1 atom stereocenters. The summed E-state index contributed by atoms with van der Waals surface area (Å²) in [7, 11) is -3.66. The van der Waals surface area contributed by atoms with Gasteiger partial charge in [-0.15, -0.1) is 0 Å². The molecule has 2 aromatic carbocycles. The standard InChI is InChI=1S/C22H25N3O4S/c1-22(2,15-23)17-7-9-18(10-8-17)25-21(26)16-5-11-20(12-6-16)30(27,28)24-14-19-4-3-13-29-19/h5-12,19,24H,3-4,13-14H2,1-2H3,(H,25,26). The summed E-state index contributed by atoms with van der Waals surface area (Å²) >= 11 is 0. The smallest absolute Gasteiger partial charge is 0.255 e. The maximum absolute atomic E-state index is 12.5. The zero-order chi connectivity index (χ0) is 21.8. The van der Waals surface area contributed by atoms with Crippen molar-refractivity contribution in [1.29, 1.82) is 5.26 Å². The lowest BCUT2D eigenvalue weighted by Crippen LogP contribution is -2.31. The summed E-state index contributed by atoms with van der Waals surface area (Å²) in [4.78, 5) is 12.6. The Labute approximate surface area is 177 Å². The second kappa shape index (κ2) is 8.96. The second-order valence-corrected chi connectivity index (χ2v) is 9.55. The van der Waals surface area contributed by atoms with Crippen molar-refractivity contribution in [2.75, 3.05) is 18.5 Å². The number of carbonyl (C=O) groups is 1. The van der Waals surface area contributed by atoms with Crippen LogP contribution in [0.15, 0.2) is 53.4 Å². The van der Waals surface area contributed by atoms with Crippen molar-refractivity contribution >= 4 is 21.6 Å². The average Bonchev–Trinajstić information content (AvgIpc) is 3.27. The van der Waals surface area contributed by atoms with Crippen LogP contribution in [0.5, 0.6) is 0 Å². The maximum Gasteiger partial charge on any atom is 0.255 e. The molecule has 2 N–H and O–H groups in total. The quantitative estimate of drug-likeness (QED) is 0.705. The first-order valence-corrected chi connectivity index (χ1v) is 11.2. The summed E-state index contributed by atoms with van der Waals surface area (Å²) in [5.41, 5.74) is 1.18. The number of nitrogens with zero attached hydrogens (tertiary/aromatic N) is 1. The van der Waals surface area contributed by atoms with Crippen LogP contribution in [-0.4, -0.2) is 33.6 Å². The second-order valence-electron chi connectivity index (χ2n) is 7.78. The molecule has 2 aromatic rings. The predicted molar refractivity (Wildman–Crippen MR) is 114 cm³/mol. The van der Waals surface area contributed by atoms with E-state index in [1.165, 1.54) is 24.3 Å². The molecule has 7 nitrogen and oxygen atoms in total. The third kappa shape index (κ3) is 5.25. The summed E-state index contributed by atoms with van der Waals surface area (Å²) in [6, 6.07) is 15.1. The molecular weight excluding hydrogens is 402 g/mol. The fourth-order valence-electron chi connectivity index (χ4n) is 3.11. The Bertz CT molecular complexity index is 1030. The zero-order valence-electron chi connectivity index (χ0n) is 17.0. The van der Waals surface area contributed by atoms with Crippen molar-refractivity contribution in [3.05, 3.63) is 59.7 Å². The SMILES string of the molecule is CC(C)(C#N)c1ccc(NC(=O)c2ccc(S(=O)(=O)NCC3CCCO3)cc2)cc1. The fourth-order valence-corrected chi connectivity index (χ4v) is 4.18.